The number of hydrogen-bond acceptors (Lipinski definition) is 3. The van der Waals surface area contributed by atoms with E-state index in [9.17, 15) is 8.42 Å². The monoisotopic (exact) mass is 404 g/mol. The Kier molecular flexibility index (Phi) is 6.01. The minimum atomic E-state index is -3.58. The first kappa shape index (κ1) is 19.4. The van der Waals surface area contributed by atoms with Crippen molar-refractivity contribution in [1.82, 2.24) is 9.21 Å². The maximum atomic E-state index is 12.9. The molecule has 140 valence electrons. The average molecular weight is 405 g/mol. The molecule has 2 fully saturated rings. The second-order valence-electron chi connectivity index (χ2n) is 7.47. The van der Waals surface area contributed by atoms with Gasteiger partial charge in [0.05, 0.1) is 4.90 Å². The van der Waals surface area contributed by atoms with Gasteiger partial charge < -0.3 is 4.90 Å². The highest BCUT2D eigenvalue weighted by molar-refractivity contribution is 7.89. The van der Waals surface area contributed by atoms with Gasteiger partial charge in [0.2, 0.25) is 10.0 Å². The number of piperidine rings is 1. The average Bonchev–Trinajstić information content (AvgIpc) is 3.03. The molecule has 1 aromatic carbocycles. The summed E-state index contributed by atoms with van der Waals surface area (Å²) in [4.78, 5) is 2.72. The molecule has 0 N–H and O–H groups in total. The van der Waals surface area contributed by atoms with E-state index in [4.69, 9.17) is 23.2 Å². The summed E-state index contributed by atoms with van der Waals surface area (Å²) in [6.45, 7) is 4.59. The van der Waals surface area contributed by atoms with Crippen molar-refractivity contribution in [2.45, 2.75) is 56.0 Å². The Morgan fingerprint density at radius 3 is 2.24 bits per heavy atom. The van der Waals surface area contributed by atoms with Crippen LogP contribution >= 0.6 is 23.2 Å². The van der Waals surface area contributed by atoms with E-state index in [-0.39, 0.29) is 10.9 Å². The molecule has 7 heteroatoms. The molecule has 1 aliphatic heterocycles. The Morgan fingerprint density at radius 2 is 1.64 bits per heavy atom. The summed E-state index contributed by atoms with van der Waals surface area (Å²) in [6, 6.07) is 5.02. The van der Waals surface area contributed by atoms with Crippen LogP contribution in [0.2, 0.25) is 10.0 Å². The first-order valence-electron chi connectivity index (χ1n) is 8.95. The van der Waals surface area contributed by atoms with Crippen molar-refractivity contribution >= 4 is 33.2 Å². The van der Waals surface area contributed by atoms with E-state index in [1.165, 1.54) is 29.3 Å². The third-order valence-electron chi connectivity index (χ3n) is 5.74. The summed E-state index contributed by atoms with van der Waals surface area (Å²) in [7, 11) is -1.91. The zero-order valence-electron chi connectivity index (χ0n) is 14.8. The van der Waals surface area contributed by atoms with Crippen LogP contribution in [0.5, 0.6) is 0 Å². The Morgan fingerprint density at radius 1 is 1.04 bits per heavy atom. The van der Waals surface area contributed by atoms with Gasteiger partial charge in [-0.1, -0.05) is 30.1 Å². The van der Waals surface area contributed by atoms with Gasteiger partial charge in [0, 0.05) is 29.2 Å². The lowest BCUT2D eigenvalue weighted by atomic mass is 9.97. The number of likely N-dealkylation sites (tertiary alicyclic amines) is 1. The molecule has 2 atom stereocenters. The lowest BCUT2D eigenvalue weighted by Gasteiger charge is -2.35. The molecule has 0 radical (unpaired) electrons. The normalized spacial score (nSPS) is 26.4. The summed E-state index contributed by atoms with van der Waals surface area (Å²) < 4.78 is 27.4. The van der Waals surface area contributed by atoms with Crippen molar-refractivity contribution in [3.05, 3.63) is 28.2 Å². The van der Waals surface area contributed by atoms with Crippen LogP contribution in [0.25, 0.3) is 0 Å². The molecule has 1 heterocycles. The van der Waals surface area contributed by atoms with Gasteiger partial charge in [-0.2, -0.15) is 4.31 Å². The van der Waals surface area contributed by atoms with E-state index in [0.717, 1.165) is 38.3 Å². The summed E-state index contributed by atoms with van der Waals surface area (Å²) >= 11 is 12.0. The SMILES string of the molecule is CC1CCN([C@H]2CC[C@@H](N(C)S(=O)(=O)c3cc(Cl)cc(Cl)c3)C2)CC1. The third-order valence-corrected chi connectivity index (χ3v) is 8.06. The molecule has 0 unspecified atom stereocenters. The van der Waals surface area contributed by atoms with Crippen molar-refractivity contribution in [3.63, 3.8) is 0 Å². The fraction of sp³-hybridized carbons (Fsp3) is 0.667. The van der Waals surface area contributed by atoms with E-state index >= 15 is 0 Å². The summed E-state index contributed by atoms with van der Waals surface area (Å²) in [6.07, 6.45) is 5.36. The molecule has 0 bridgehead atoms. The zero-order valence-corrected chi connectivity index (χ0v) is 17.1. The van der Waals surface area contributed by atoms with Gasteiger partial charge >= 0.3 is 0 Å². The van der Waals surface area contributed by atoms with Crippen LogP contribution in [0.15, 0.2) is 23.1 Å². The van der Waals surface area contributed by atoms with Crippen LogP contribution in [0.3, 0.4) is 0 Å². The number of hydrogen-bond donors (Lipinski definition) is 0. The maximum absolute atomic E-state index is 12.9. The topological polar surface area (TPSA) is 40.6 Å². The zero-order chi connectivity index (χ0) is 18.2. The Labute approximate surface area is 161 Å². The largest absolute Gasteiger partial charge is 0.300 e. The molecule has 0 aromatic heterocycles. The van der Waals surface area contributed by atoms with Gasteiger partial charge in [-0.05, 0) is 69.3 Å². The molecule has 1 saturated carbocycles. The van der Waals surface area contributed by atoms with Crippen LogP contribution in [0, 0.1) is 5.92 Å². The molecule has 0 spiro atoms. The number of nitrogens with zero attached hydrogens (tertiary/aromatic N) is 2. The van der Waals surface area contributed by atoms with Crippen molar-refractivity contribution in [1.29, 1.82) is 0 Å². The summed E-state index contributed by atoms with van der Waals surface area (Å²) in [5.74, 6) is 0.809. The standard InChI is InChI=1S/C18H26Cl2N2O2S/c1-13-5-7-22(8-6-13)17-4-3-16(12-17)21(2)25(23,24)18-10-14(19)9-15(20)11-18/h9-11,13,16-17H,3-8,12H2,1-2H3/t16-,17+/m1/s1. The molecule has 1 saturated heterocycles. The summed E-state index contributed by atoms with van der Waals surface area (Å²) in [5, 5.41) is 0.678. The number of sulfonamides is 1. The number of halogens is 2. The van der Waals surface area contributed by atoms with Crippen molar-refractivity contribution in [2.75, 3.05) is 20.1 Å². The molecule has 1 aromatic rings. The van der Waals surface area contributed by atoms with Gasteiger partial charge in [-0.15, -0.1) is 0 Å². The van der Waals surface area contributed by atoms with Gasteiger partial charge in [0.25, 0.3) is 0 Å². The first-order valence-corrected chi connectivity index (χ1v) is 11.1. The van der Waals surface area contributed by atoms with E-state index in [1.54, 1.807) is 13.1 Å². The van der Waals surface area contributed by atoms with Crippen LogP contribution < -0.4 is 0 Å². The molecular formula is C18H26Cl2N2O2S. The van der Waals surface area contributed by atoms with E-state index in [2.05, 4.69) is 11.8 Å². The van der Waals surface area contributed by atoms with Crippen molar-refractivity contribution < 1.29 is 8.42 Å². The molecule has 3 rings (SSSR count). The van der Waals surface area contributed by atoms with Crippen LogP contribution in [0.4, 0.5) is 0 Å². The molecule has 0 amide bonds. The quantitative estimate of drug-likeness (QED) is 0.751. The second kappa shape index (κ2) is 7.73. The Balaban J connectivity index is 1.69. The summed E-state index contributed by atoms with van der Waals surface area (Å²) in [5.41, 5.74) is 0. The highest BCUT2D eigenvalue weighted by Gasteiger charge is 2.37. The molecule has 4 nitrogen and oxygen atoms in total. The minimum absolute atomic E-state index is 0.0344. The second-order valence-corrected chi connectivity index (χ2v) is 10.3. The lowest BCUT2D eigenvalue weighted by molar-refractivity contribution is 0.136. The van der Waals surface area contributed by atoms with Crippen LogP contribution in [-0.2, 0) is 10.0 Å². The minimum Gasteiger partial charge on any atom is -0.300 e. The highest BCUT2D eigenvalue weighted by Crippen LogP contribution is 2.33. The predicted molar refractivity (Wildman–Crippen MR) is 103 cm³/mol. The molecular weight excluding hydrogens is 379 g/mol. The predicted octanol–water partition coefficient (Wildman–Crippen LogP) is 4.27. The van der Waals surface area contributed by atoms with Gasteiger partial charge in [0.1, 0.15) is 0 Å². The molecule has 1 aliphatic carbocycles. The Hall–Kier alpha value is -0.330. The van der Waals surface area contributed by atoms with Gasteiger partial charge in [-0.25, -0.2) is 8.42 Å². The third kappa shape index (κ3) is 4.33. The highest BCUT2D eigenvalue weighted by atomic mass is 35.5. The number of rotatable bonds is 4. The molecule has 2 aliphatic rings. The smallest absolute Gasteiger partial charge is 0.243 e. The van der Waals surface area contributed by atoms with Gasteiger partial charge in [0.15, 0.2) is 0 Å². The van der Waals surface area contributed by atoms with Crippen LogP contribution in [-0.4, -0.2) is 49.8 Å². The Bertz CT molecular complexity index is 698. The van der Waals surface area contributed by atoms with E-state index in [1.807, 2.05) is 0 Å². The van der Waals surface area contributed by atoms with Crippen molar-refractivity contribution in [2.24, 2.45) is 5.92 Å². The number of benzene rings is 1. The fourth-order valence-electron chi connectivity index (χ4n) is 4.03. The van der Waals surface area contributed by atoms with Crippen molar-refractivity contribution in [3.8, 4) is 0 Å². The van der Waals surface area contributed by atoms with Gasteiger partial charge in [-0.3, -0.25) is 0 Å². The maximum Gasteiger partial charge on any atom is 0.243 e. The lowest BCUT2D eigenvalue weighted by Crippen LogP contribution is -2.41. The van der Waals surface area contributed by atoms with E-state index in [0.29, 0.717) is 16.1 Å². The van der Waals surface area contributed by atoms with Crippen LogP contribution in [0.1, 0.15) is 39.0 Å². The molecule has 25 heavy (non-hydrogen) atoms. The fourth-order valence-corrected chi connectivity index (χ4v) is 6.15. The van der Waals surface area contributed by atoms with E-state index < -0.39 is 10.0 Å². The first-order chi connectivity index (χ1) is 11.8.